The number of rotatable bonds is 1. The van der Waals surface area contributed by atoms with E-state index < -0.39 is 0 Å². The maximum Gasteiger partial charge on any atom is 0.170 e. The van der Waals surface area contributed by atoms with Crippen molar-refractivity contribution in [2.45, 2.75) is 31.8 Å². The number of nitrogens with zero attached hydrogens (tertiary/aromatic N) is 1. The minimum absolute atomic E-state index is 0.215. The molecule has 1 saturated heterocycles. The first-order valence-corrected chi connectivity index (χ1v) is 7.65. The minimum Gasteiger partial charge on any atom is -0.486 e. The fraction of sp³-hybridized carbons (Fsp3) is 0.533. The molecule has 2 heterocycles. The fourth-order valence-corrected chi connectivity index (χ4v) is 3.38. The van der Waals surface area contributed by atoms with Crippen LogP contribution < -0.4 is 4.74 Å². The molecule has 4 heteroatoms. The summed E-state index contributed by atoms with van der Waals surface area (Å²) in [6.45, 7) is 5.30. The Hall–Kier alpha value is -0.870. The van der Waals surface area contributed by atoms with Crippen LogP contribution in [0, 0.1) is 0 Å². The van der Waals surface area contributed by atoms with E-state index in [2.05, 4.69) is 27.8 Å². The van der Waals surface area contributed by atoms with E-state index in [-0.39, 0.29) is 11.4 Å². The molecule has 0 aromatic heterocycles. The maximum atomic E-state index is 12.3. The number of halogens is 1. The number of ether oxygens (including phenoxy) is 1. The van der Waals surface area contributed by atoms with Gasteiger partial charge in [-0.2, -0.15) is 0 Å². The molecule has 19 heavy (non-hydrogen) atoms. The lowest BCUT2D eigenvalue weighted by Gasteiger charge is -2.43. The lowest BCUT2D eigenvalue weighted by Crippen LogP contribution is -2.50. The molecule has 1 aromatic carbocycles. The van der Waals surface area contributed by atoms with Crippen LogP contribution >= 0.6 is 15.9 Å². The van der Waals surface area contributed by atoms with E-state index in [1.807, 2.05) is 18.2 Å². The highest BCUT2D eigenvalue weighted by Crippen LogP contribution is 2.40. The second-order valence-electron chi connectivity index (χ2n) is 5.46. The summed E-state index contributed by atoms with van der Waals surface area (Å²) in [6, 6.07) is 5.71. The van der Waals surface area contributed by atoms with Crippen molar-refractivity contribution in [1.29, 1.82) is 0 Å². The van der Waals surface area contributed by atoms with Gasteiger partial charge >= 0.3 is 0 Å². The summed E-state index contributed by atoms with van der Waals surface area (Å²) in [4.78, 5) is 14.8. The number of likely N-dealkylation sites (tertiary alicyclic amines) is 1. The number of piperidine rings is 1. The molecule has 2 aliphatic rings. The predicted octanol–water partition coefficient (Wildman–Crippen LogP) is 3.27. The standard InChI is InChI=1S/C15H18BrNO2/c1-2-17-7-5-15(6-8-17)10-13(18)12-9-11(16)3-4-14(12)19-15/h3-4,9H,2,5-8,10H2,1H3. The fourth-order valence-electron chi connectivity index (χ4n) is 3.02. The Balaban J connectivity index is 1.85. The first-order chi connectivity index (χ1) is 9.12. The van der Waals surface area contributed by atoms with Crippen molar-refractivity contribution >= 4 is 21.7 Å². The van der Waals surface area contributed by atoms with Gasteiger partial charge in [0.1, 0.15) is 11.4 Å². The molecular formula is C15H18BrNO2. The van der Waals surface area contributed by atoms with Gasteiger partial charge in [-0.1, -0.05) is 22.9 Å². The number of benzene rings is 1. The van der Waals surface area contributed by atoms with Crippen molar-refractivity contribution in [3.63, 3.8) is 0 Å². The van der Waals surface area contributed by atoms with Crippen LogP contribution in [0.5, 0.6) is 5.75 Å². The Morgan fingerprint density at radius 3 is 2.79 bits per heavy atom. The van der Waals surface area contributed by atoms with Crippen LogP contribution in [0.4, 0.5) is 0 Å². The van der Waals surface area contributed by atoms with Crippen molar-refractivity contribution < 1.29 is 9.53 Å². The zero-order chi connectivity index (χ0) is 13.5. The number of Topliss-reactive ketones (excluding diaryl/α,β-unsaturated/α-hetero) is 1. The SMILES string of the molecule is CCN1CCC2(CC1)CC(=O)c1cc(Br)ccc1O2. The quantitative estimate of drug-likeness (QED) is 0.794. The summed E-state index contributed by atoms with van der Waals surface area (Å²) in [6.07, 6.45) is 2.41. The summed E-state index contributed by atoms with van der Waals surface area (Å²) in [5.74, 6) is 0.969. The first kappa shape index (κ1) is 13.1. The zero-order valence-electron chi connectivity index (χ0n) is 11.1. The molecule has 1 fully saturated rings. The van der Waals surface area contributed by atoms with Crippen molar-refractivity contribution in [3.05, 3.63) is 28.2 Å². The summed E-state index contributed by atoms with van der Waals surface area (Å²) in [5.41, 5.74) is 0.460. The monoisotopic (exact) mass is 323 g/mol. The second kappa shape index (κ2) is 4.91. The number of hydrogen-bond donors (Lipinski definition) is 0. The average molecular weight is 324 g/mol. The second-order valence-corrected chi connectivity index (χ2v) is 6.38. The third-order valence-electron chi connectivity index (χ3n) is 4.27. The van der Waals surface area contributed by atoms with E-state index in [4.69, 9.17) is 4.74 Å². The number of carbonyl (C=O) groups excluding carboxylic acids is 1. The van der Waals surface area contributed by atoms with Crippen LogP contribution in [-0.4, -0.2) is 35.9 Å². The number of ketones is 1. The van der Waals surface area contributed by atoms with E-state index in [0.717, 1.165) is 48.3 Å². The Morgan fingerprint density at radius 1 is 1.37 bits per heavy atom. The van der Waals surface area contributed by atoms with Gasteiger partial charge in [-0.05, 0) is 24.7 Å². The molecule has 0 N–H and O–H groups in total. The van der Waals surface area contributed by atoms with Gasteiger partial charge in [0.25, 0.3) is 0 Å². The van der Waals surface area contributed by atoms with E-state index in [1.54, 1.807) is 0 Å². The summed E-state index contributed by atoms with van der Waals surface area (Å²) in [5, 5.41) is 0. The van der Waals surface area contributed by atoms with Gasteiger partial charge in [0.2, 0.25) is 0 Å². The first-order valence-electron chi connectivity index (χ1n) is 6.86. The summed E-state index contributed by atoms with van der Waals surface area (Å²) in [7, 11) is 0. The highest BCUT2D eigenvalue weighted by molar-refractivity contribution is 9.10. The highest BCUT2D eigenvalue weighted by atomic mass is 79.9. The van der Waals surface area contributed by atoms with Gasteiger partial charge < -0.3 is 9.64 Å². The van der Waals surface area contributed by atoms with Crippen molar-refractivity contribution in [2.75, 3.05) is 19.6 Å². The molecule has 1 spiro atoms. The number of fused-ring (bicyclic) bond motifs is 1. The van der Waals surface area contributed by atoms with E-state index in [1.165, 1.54) is 0 Å². The average Bonchev–Trinajstić information content (AvgIpc) is 2.41. The van der Waals surface area contributed by atoms with Gasteiger partial charge in [-0.15, -0.1) is 0 Å². The topological polar surface area (TPSA) is 29.5 Å². The molecule has 0 aliphatic carbocycles. The molecule has 2 aliphatic heterocycles. The van der Waals surface area contributed by atoms with Gasteiger partial charge in [0, 0.05) is 30.4 Å². The van der Waals surface area contributed by atoms with Gasteiger partial charge in [0.05, 0.1) is 12.0 Å². The van der Waals surface area contributed by atoms with Crippen molar-refractivity contribution in [2.24, 2.45) is 0 Å². The van der Waals surface area contributed by atoms with Crippen molar-refractivity contribution in [1.82, 2.24) is 4.90 Å². The lowest BCUT2D eigenvalue weighted by atomic mass is 9.82. The third-order valence-corrected chi connectivity index (χ3v) is 4.76. The predicted molar refractivity (Wildman–Crippen MR) is 77.8 cm³/mol. The summed E-state index contributed by atoms with van der Waals surface area (Å²) < 4.78 is 7.14. The smallest absolute Gasteiger partial charge is 0.170 e. The van der Waals surface area contributed by atoms with Gasteiger partial charge in [-0.3, -0.25) is 4.79 Å². The zero-order valence-corrected chi connectivity index (χ0v) is 12.7. The molecule has 0 atom stereocenters. The van der Waals surface area contributed by atoms with Gasteiger partial charge in [-0.25, -0.2) is 0 Å². The number of hydrogen-bond acceptors (Lipinski definition) is 3. The van der Waals surface area contributed by atoms with Crippen molar-refractivity contribution in [3.8, 4) is 5.75 Å². The molecule has 1 aromatic rings. The highest BCUT2D eigenvalue weighted by Gasteiger charge is 2.42. The molecular weight excluding hydrogens is 306 g/mol. The molecule has 3 nitrogen and oxygen atoms in total. The largest absolute Gasteiger partial charge is 0.486 e. The maximum absolute atomic E-state index is 12.3. The Morgan fingerprint density at radius 2 is 2.11 bits per heavy atom. The Kier molecular flexibility index (Phi) is 3.39. The van der Waals surface area contributed by atoms with Crippen LogP contribution in [0.25, 0.3) is 0 Å². The van der Waals surface area contributed by atoms with E-state index >= 15 is 0 Å². The van der Waals surface area contributed by atoms with Crippen LogP contribution in [-0.2, 0) is 0 Å². The van der Waals surface area contributed by atoms with Gasteiger partial charge in [0.15, 0.2) is 5.78 Å². The molecule has 0 bridgehead atoms. The molecule has 0 saturated carbocycles. The van der Waals surface area contributed by atoms with Crippen LogP contribution in [0.2, 0.25) is 0 Å². The lowest BCUT2D eigenvalue weighted by molar-refractivity contribution is -0.00782. The van der Waals surface area contributed by atoms with E-state index in [9.17, 15) is 4.79 Å². The Labute approximate surface area is 122 Å². The minimum atomic E-state index is -0.260. The van der Waals surface area contributed by atoms with Crippen LogP contribution in [0.3, 0.4) is 0 Å². The third kappa shape index (κ3) is 2.43. The normalized spacial score (nSPS) is 22.1. The molecule has 102 valence electrons. The molecule has 0 amide bonds. The molecule has 3 rings (SSSR count). The summed E-state index contributed by atoms with van der Waals surface area (Å²) >= 11 is 3.41. The Bertz CT molecular complexity index is 507. The molecule has 0 unspecified atom stereocenters. The van der Waals surface area contributed by atoms with Crippen LogP contribution in [0.15, 0.2) is 22.7 Å². The number of carbonyl (C=O) groups is 1. The van der Waals surface area contributed by atoms with Crippen LogP contribution in [0.1, 0.15) is 36.5 Å². The van der Waals surface area contributed by atoms with E-state index in [0.29, 0.717) is 6.42 Å². The molecule has 0 radical (unpaired) electrons.